The van der Waals surface area contributed by atoms with Crippen molar-refractivity contribution in [2.75, 3.05) is 17.2 Å². The van der Waals surface area contributed by atoms with E-state index in [1.807, 2.05) is 35.8 Å². The predicted octanol–water partition coefficient (Wildman–Crippen LogP) is 2.23. The Morgan fingerprint density at radius 2 is 2.14 bits per heavy atom. The maximum absolute atomic E-state index is 11.4. The lowest BCUT2D eigenvalue weighted by Gasteiger charge is -2.10. The van der Waals surface area contributed by atoms with Crippen molar-refractivity contribution in [3.8, 4) is 0 Å². The van der Waals surface area contributed by atoms with E-state index < -0.39 is 6.09 Å². The first-order chi connectivity index (χ1) is 10.1. The molecule has 0 unspecified atom stereocenters. The Kier molecular flexibility index (Phi) is 2.19. The number of pyridine rings is 1. The number of benzene rings is 1. The van der Waals surface area contributed by atoms with Gasteiger partial charge in [0, 0.05) is 5.39 Å². The molecule has 0 aliphatic carbocycles. The highest BCUT2D eigenvalue weighted by molar-refractivity contribution is 6.08. The smallest absolute Gasteiger partial charge is 0.414 e. The van der Waals surface area contributed by atoms with E-state index in [-0.39, 0.29) is 6.04 Å². The van der Waals surface area contributed by atoms with Crippen LogP contribution in [0.3, 0.4) is 0 Å². The Morgan fingerprint density at radius 3 is 2.90 bits per heavy atom. The van der Waals surface area contributed by atoms with Crippen molar-refractivity contribution < 1.29 is 9.90 Å². The van der Waals surface area contributed by atoms with Crippen LogP contribution in [0.15, 0.2) is 24.3 Å². The fourth-order valence-corrected chi connectivity index (χ4v) is 3.01. The summed E-state index contributed by atoms with van der Waals surface area (Å²) in [6, 6.07) is 7.67. The van der Waals surface area contributed by atoms with E-state index in [1.54, 1.807) is 0 Å². The van der Waals surface area contributed by atoms with Gasteiger partial charge in [-0.1, -0.05) is 18.2 Å². The number of nitrogens with two attached hydrogens (primary N) is 1. The molecular formula is C14H13N5O2. The number of nitrogen functional groups attached to an aromatic ring is 1. The molecule has 7 nitrogen and oxygen atoms in total. The summed E-state index contributed by atoms with van der Waals surface area (Å²) in [5.74, 6) is 0.734. The zero-order valence-electron chi connectivity index (χ0n) is 11.3. The molecule has 1 atom stereocenters. The van der Waals surface area contributed by atoms with Gasteiger partial charge in [0.15, 0.2) is 5.82 Å². The molecule has 3 heterocycles. The second-order valence-corrected chi connectivity index (χ2v) is 5.24. The molecule has 0 bridgehead atoms. The normalized spacial score (nSPS) is 17.6. The predicted molar refractivity (Wildman–Crippen MR) is 79.5 cm³/mol. The summed E-state index contributed by atoms with van der Waals surface area (Å²) < 4.78 is 1.93. The van der Waals surface area contributed by atoms with Crippen molar-refractivity contribution in [1.82, 2.24) is 14.5 Å². The van der Waals surface area contributed by atoms with Gasteiger partial charge in [0.25, 0.3) is 0 Å². The van der Waals surface area contributed by atoms with E-state index in [4.69, 9.17) is 5.73 Å². The molecule has 1 aliphatic rings. The van der Waals surface area contributed by atoms with Crippen molar-refractivity contribution in [3.63, 3.8) is 0 Å². The van der Waals surface area contributed by atoms with Crippen molar-refractivity contribution in [3.05, 3.63) is 24.3 Å². The molecule has 1 amide bonds. The van der Waals surface area contributed by atoms with Gasteiger partial charge in [-0.25, -0.2) is 19.7 Å². The molecule has 4 rings (SSSR count). The Bertz CT molecular complexity index is 901. The number of carbonyl (C=O) groups is 1. The van der Waals surface area contributed by atoms with E-state index in [1.165, 1.54) is 4.90 Å². The second-order valence-electron chi connectivity index (χ2n) is 5.24. The van der Waals surface area contributed by atoms with Crippen molar-refractivity contribution in [2.24, 2.45) is 0 Å². The van der Waals surface area contributed by atoms with Gasteiger partial charge < -0.3 is 15.4 Å². The van der Waals surface area contributed by atoms with Crippen LogP contribution in [-0.4, -0.2) is 32.3 Å². The minimum absolute atomic E-state index is 0.00584. The highest BCUT2D eigenvalue weighted by atomic mass is 16.4. The minimum Gasteiger partial charge on any atom is -0.465 e. The number of nitrogens with zero attached hydrogens (tertiary/aromatic N) is 4. The maximum Gasteiger partial charge on any atom is 0.414 e. The van der Waals surface area contributed by atoms with Crippen molar-refractivity contribution in [2.45, 2.75) is 13.0 Å². The first-order valence-corrected chi connectivity index (χ1v) is 6.64. The summed E-state index contributed by atoms with van der Waals surface area (Å²) in [4.78, 5) is 21.4. The molecule has 0 saturated heterocycles. The van der Waals surface area contributed by atoms with Gasteiger partial charge in [-0.15, -0.1) is 0 Å². The lowest BCUT2D eigenvalue weighted by Crippen LogP contribution is -2.28. The van der Waals surface area contributed by atoms with Crippen LogP contribution < -0.4 is 10.6 Å². The van der Waals surface area contributed by atoms with Crippen LogP contribution in [0.25, 0.3) is 21.9 Å². The molecule has 2 aromatic heterocycles. The Hall–Kier alpha value is -2.83. The molecule has 0 radical (unpaired) electrons. The molecule has 21 heavy (non-hydrogen) atoms. The number of hydrogen-bond donors (Lipinski definition) is 2. The van der Waals surface area contributed by atoms with E-state index >= 15 is 0 Å². The van der Waals surface area contributed by atoms with Gasteiger partial charge in [-0.2, -0.15) is 0 Å². The molecule has 0 saturated carbocycles. The van der Waals surface area contributed by atoms with Crippen molar-refractivity contribution in [1.29, 1.82) is 0 Å². The van der Waals surface area contributed by atoms with Gasteiger partial charge in [0.1, 0.15) is 5.52 Å². The maximum atomic E-state index is 11.4. The van der Waals surface area contributed by atoms with Crippen molar-refractivity contribution >= 4 is 39.8 Å². The highest BCUT2D eigenvalue weighted by Gasteiger charge is 2.34. The summed E-state index contributed by atoms with van der Waals surface area (Å²) in [6.45, 7) is 2.36. The number of fused-ring (bicyclic) bond motifs is 5. The summed E-state index contributed by atoms with van der Waals surface area (Å²) in [5, 5.41) is 10.2. The number of imidazole rings is 1. The fraction of sp³-hybridized carbons (Fsp3) is 0.214. The average molecular weight is 283 g/mol. The minimum atomic E-state index is -1.01. The van der Waals surface area contributed by atoms with Gasteiger partial charge in [0.2, 0.25) is 5.95 Å². The van der Waals surface area contributed by atoms with Crippen LogP contribution in [0.2, 0.25) is 0 Å². The van der Waals surface area contributed by atoms with Crippen LogP contribution in [0.5, 0.6) is 0 Å². The molecule has 3 N–H and O–H groups in total. The second kappa shape index (κ2) is 3.85. The number of amides is 1. The standard InChI is InChI=1S/C14H13N5O2/c1-7-6-18(14(20)21)13-17-10-11(19(7)13)8-4-2-3-5-9(8)16-12(10)15/h2-5,7H,6H2,1H3,(H2,15,16)(H,20,21)/t7-/m0/s1. The summed E-state index contributed by atoms with van der Waals surface area (Å²) in [6.07, 6.45) is -1.01. The van der Waals surface area contributed by atoms with Crippen LogP contribution in [-0.2, 0) is 0 Å². The highest BCUT2D eigenvalue weighted by Crippen LogP contribution is 2.38. The van der Waals surface area contributed by atoms with Crippen LogP contribution >= 0.6 is 0 Å². The first-order valence-electron chi connectivity index (χ1n) is 6.64. The molecular weight excluding hydrogens is 270 g/mol. The van der Waals surface area contributed by atoms with Crippen LogP contribution in [0, 0.1) is 0 Å². The van der Waals surface area contributed by atoms with Gasteiger partial charge in [-0.05, 0) is 13.0 Å². The first kappa shape index (κ1) is 12.0. The summed E-state index contributed by atoms with van der Waals surface area (Å²) >= 11 is 0. The van der Waals surface area contributed by atoms with Gasteiger partial charge in [-0.3, -0.25) is 0 Å². The fourth-order valence-electron chi connectivity index (χ4n) is 3.01. The van der Waals surface area contributed by atoms with Gasteiger partial charge in [0.05, 0.1) is 23.6 Å². The zero-order valence-corrected chi connectivity index (χ0v) is 11.3. The molecule has 106 valence electrons. The SMILES string of the molecule is C[C@H]1CN(C(=O)O)c2nc3c(N)nc4ccccc4c3n21. The Morgan fingerprint density at radius 1 is 1.38 bits per heavy atom. The number of rotatable bonds is 0. The molecule has 7 heteroatoms. The number of carboxylic acid groups (broad SMARTS) is 1. The molecule has 0 fully saturated rings. The number of aromatic nitrogens is 3. The van der Waals surface area contributed by atoms with Crippen LogP contribution in [0.4, 0.5) is 16.6 Å². The third-order valence-electron chi connectivity index (χ3n) is 3.90. The summed E-state index contributed by atoms with van der Waals surface area (Å²) in [7, 11) is 0. The third-order valence-corrected chi connectivity index (χ3v) is 3.90. The Labute approximate surface area is 119 Å². The molecule has 0 spiro atoms. The molecule has 3 aromatic rings. The van der Waals surface area contributed by atoms with E-state index in [0.717, 1.165) is 16.4 Å². The van der Waals surface area contributed by atoms with E-state index in [0.29, 0.717) is 23.8 Å². The number of anilines is 2. The average Bonchev–Trinajstić information content (AvgIpc) is 2.98. The van der Waals surface area contributed by atoms with E-state index in [9.17, 15) is 9.90 Å². The Balaban J connectivity index is 2.17. The monoisotopic (exact) mass is 283 g/mol. The largest absolute Gasteiger partial charge is 0.465 e. The lowest BCUT2D eigenvalue weighted by atomic mass is 10.1. The molecule has 1 aromatic carbocycles. The number of hydrogen-bond acceptors (Lipinski definition) is 4. The van der Waals surface area contributed by atoms with Gasteiger partial charge >= 0.3 is 6.09 Å². The van der Waals surface area contributed by atoms with Crippen LogP contribution in [0.1, 0.15) is 13.0 Å². The topological polar surface area (TPSA) is 97.3 Å². The number of para-hydroxylation sites is 1. The zero-order chi connectivity index (χ0) is 14.7. The third kappa shape index (κ3) is 1.45. The van der Waals surface area contributed by atoms with E-state index in [2.05, 4.69) is 9.97 Å². The lowest BCUT2D eigenvalue weighted by molar-refractivity contribution is 0.202. The quantitative estimate of drug-likeness (QED) is 0.659. The molecule has 1 aliphatic heterocycles. The summed E-state index contributed by atoms with van der Waals surface area (Å²) in [5.41, 5.74) is 8.19.